The van der Waals surface area contributed by atoms with Gasteiger partial charge < -0.3 is 0 Å². The zero-order chi connectivity index (χ0) is 6.53. The van der Waals surface area contributed by atoms with Crippen molar-refractivity contribution in [1.82, 2.24) is 0 Å². The molecule has 0 heterocycles. The number of allylic oxidation sites excluding steroid dienone is 4. The summed E-state index contributed by atoms with van der Waals surface area (Å²) in [5, 5.41) is 0. The standard InChI is InChI=1S/C8H9O/c9-7-6-8-4-2-1-3-5-8/h1-2,4H,3,5-6H2. The van der Waals surface area contributed by atoms with Gasteiger partial charge >= 0.3 is 0 Å². The highest BCUT2D eigenvalue weighted by Crippen LogP contribution is 2.13. The highest BCUT2D eigenvalue weighted by Gasteiger charge is 1.97. The Morgan fingerprint density at radius 2 is 2.56 bits per heavy atom. The van der Waals surface area contributed by atoms with E-state index in [2.05, 4.69) is 6.08 Å². The molecule has 47 valence electrons. The Morgan fingerprint density at radius 3 is 3.11 bits per heavy atom. The Morgan fingerprint density at radius 1 is 1.67 bits per heavy atom. The predicted octanol–water partition coefficient (Wildman–Crippen LogP) is 1.76. The van der Waals surface area contributed by atoms with Crippen LogP contribution in [0.2, 0.25) is 0 Å². The molecule has 0 aromatic heterocycles. The van der Waals surface area contributed by atoms with Crippen LogP contribution in [0.3, 0.4) is 0 Å². The maximum Gasteiger partial charge on any atom is 0.202 e. The molecule has 9 heavy (non-hydrogen) atoms. The molecule has 0 aromatic rings. The normalized spacial score (nSPS) is 17.1. The van der Waals surface area contributed by atoms with Crippen molar-refractivity contribution in [1.29, 1.82) is 0 Å². The molecule has 0 aliphatic heterocycles. The largest absolute Gasteiger partial charge is 0.291 e. The van der Waals surface area contributed by atoms with Gasteiger partial charge in [0.15, 0.2) is 0 Å². The lowest BCUT2D eigenvalue weighted by Crippen LogP contribution is -1.87. The van der Waals surface area contributed by atoms with Crippen molar-refractivity contribution in [3.8, 4) is 0 Å². The molecule has 0 amide bonds. The van der Waals surface area contributed by atoms with E-state index >= 15 is 0 Å². The van der Waals surface area contributed by atoms with Gasteiger partial charge in [-0.15, -0.1) is 0 Å². The summed E-state index contributed by atoms with van der Waals surface area (Å²) >= 11 is 0. The second-order valence-corrected chi connectivity index (χ2v) is 2.11. The topological polar surface area (TPSA) is 17.1 Å². The second kappa shape index (κ2) is 3.23. The van der Waals surface area contributed by atoms with Crippen molar-refractivity contribution in [2.24, 2.45) is 0 Å². The molecule has 1 radical (unpaired) electrons. The maximum atomic E-state index is 9.88. The Labute approximate surface area is 55.1 Å². The predicted molar refractivity (Wildman–Crippen MR) is 36.8 cm³/mol. The molecule has 0 saturated carbocycles. The number of rotatable bonds is 2. The van der Waals surface area contributed by atoms with Gasteiger partial charge in [-0.05, 0) is 12.8 Å². The summed E-state index contributed by atoms with van der Waals surface area (Å²) < 4.78 is 0. The average molecular weight is 121 g/mol. The van der Waals surface area contributed by atoms with Gasteiger partial charge in [0.2, 0.25) is 6.29 Å². The van der Waals surface area contributed by atoms with Crippen LogP contribution in [0.4, 0.5) is 0 Å². The van der Waals surface area contributed by atoms with Crippen LogP contribution in [-0.4, -0.2) is 6.29 Å². The van der Waals surface area contributed by atoms with Crippen molar-refractivity contribution in [2.75, 3.05) is 0 Å². The van der Waals surface area contributed by atoms with E-state index in [1.807, 2.05) is 18.4 Å². The van der Waals surface area contributed by atoms with E-state index in [0.29, 0.717) is 6.42 Å². The van der Waals surface area contributed by atoms with Gasteiger partial charge in [0, 0.05) is 6.42 Å². The first kappa shape index (κ1) is 6.27. The van der Waals surface area contributed by atoms with Crippen molar-refractivity contribution in [3.05, 3.63) is 23.8 Å². The Balaban J connectivity index is 2.47. The summed E-state index contributed by atoms with van der Waals surface area (Å²) in [6.45, 7) is 0. The number of hydrogen-bond donors (Lipinski definition) is 0. The van der Waals surface area contributed by atoms with Crippen LogP contribution in [0.15, 0.2) is 23.8 Å². The SMILES string of the molecule is O=[C]CC1=CC=CCC1. The Kier molecular flexibility index (Phi) is 2.25. The summed E-state index contributed by atoms with van der Waals surface area (Å²) in [6.07, 6.45) is 10.6. The molecule has 0 N–H and O–H groups in total. The molecule has 1 nitrogen and oxygen atoms in total. The monoisotopic (exact) mass is 121 g/mol. The fourth-order valence-corrected chi connectivity index (χ4v) is 0.892. The molecule has 1 aliphatic carbocycles. The molecule has 0 saturated heterocycles. The van der Waals surface area contributed by atoms with Gasteiger partial charge in [-0.3, -0.25) is 4.79 Å². The van der Waals surface area contributed by atoms with Crippen molar-refractivity contribution < 1.29 is 4.79 Å². The van der Waals surface area contributed by atoms with Gasteiger partial charge in [-0.1, -0.05) is 23.8 Å². The summed E-state index contributed by atoms with van der Waals surface area (Å²) in [4.78, 5) is 9.88. The van der Waals surface area contributed by atoms with Gasteiger partial charge in [0.1, 0.15) is 0 Å². The molecule has 0 aromatic carbocycles. The minimum atomic E-state index is 0.490. The minimum Gasteiger partial charge on any atom is -0.291 e. The highest BCUT2D eigenvalue weighted by atomic mass is 16.1. The van der Waals surface area contributed by atoms with Crippen LogP contribution in [-0.2, 0) is 4.79 Å². The van der Waals surface area contributed by atoms with E-state index in [0.717, 1.165) is 12.8 Å². The third-order valence-corrected chi connectivity index (χ3v) is 1.40. The van der Waals surface area contributed by atoms with E-state index in [9.17, 15) is 4.79 Å². The van der Waals surface area contributed by atoms with Crippen LogP contribution in [0, 0.1) is 0 Å². The first-order valence-electron chi connectivity index (χ1n) is 3.13. The van der Waals surface area contributed by atoms with E-state index in [1.165, 1.54) is 5.57 Å². The zero-order valence-corrected chi connectivity index (χ0v) is 5.26. The van der Waals surface area contributed by atoms with Crippen LogP contribution in [0.5, 0.6) is 0 Å². The maximum absolute atomic E-state index is 9.88. The fourth-order valence-electron chi connectivity index (χ4n) is 0.892. The molecule has 1 heteroatoms. The molecular weight excluding hydrogens is 112 g/mol. The smallest absolute Gasteiger partial charge is 0.202 e. The minimum absolute atomic E-state index is 0.490. The number of hydrogen-bond acceptors (Lipinski definition) is 1. The molecule has 0 fully saturated rings. The van der Waals surface area contributed by atoms with E-state index in [-0.39, 0.29) is 0 Å². The Bertz CT molecular complexity index is 154. The summed E-state index contributed by atoms with van der Waals surface area (Å²) in [5.74, 6) is 0. The fraction of sp³-hybridized carbons (Fsp3) is 0.375. The van der Waals surface area contributed by atoms with Crippen molar-refractivity contribution >= 4 is 6.29 Å². The lowest BCUT2D eigenvalue weighted by atomic mass is 10.0. The third kappa shape index (κ3) is 1.84. The first-order valence-corrected chi connectivity index (χ1v) is 3.13. The van der Waals surface area contributed by atoms with E-state index in [1.54, 1.807) is 0 Å². The second-order valence-electron chi connectivity index (χ2n) is 2.11. The lowest BCUT2D eigenvalue weighted by Gasteiger charge is -2.02. The van der Waals surface area contributed by atoms with Crippen LogP contribution < -0.4 is 0 Å². The van der Waals surface area contributed by atoms with Gasteiger partial charge in [-0.2, -0.15) is 0 Å². The van der Waals surface area contributed by atoms with E-state index in [4.69, 9.17) is 0 Å². The van der Waals surface area contributed by atoms with Gasteiger partial charge in [0.05, 0.1) is 0 Å². The van der Waals surface area contributed by atoms with Crippen LogP contribution in [0.1, 0.15) is 19.3 Å². The lowest BCUT2D eigenvalue weighted by molar-refractivity contribution is 0.554. The van der Waals surface area contributed by atoms with Crippen LogP contribution in [0.25, 0.3) is 0 Å². The molecule has 0 atom stereocenters. The Hall–Kier alpha value is -0.850. The molecule has 0 spiro atoms. The molecule has 0 unspecified atom stereocenters. The first-order chi connectivity index (χ1) is 4.43. The highest BCUT2D eigenvalue weighted by molar-refractivity contribution is 5.55. The third-order valence-electron chi connectivity index (χ3n) is 1.40. The van der Waals surface area contributed by atoms with Crippen molar-refractivity contribution in [2.45, 2.75) is 19.3 Å². The van der Waals surface area contributed by atoms with Gasteiger partial charge in [0.25, 0.3) is 0 Å². The van der Waals surface area contributed by atoms with E-state index < -0.39 is 0 Å². The van der Waals surface area contributed by atoms with Crippen LogP contribution >= 0.6 is 0 Å². The van der Waals surface area contributed by atoms with Gasteiger partial charge in [-0.25, -0.2) is 0 Å². The molecular formula is C8H9O. The number of carbonyl (C=O) groups excluding carboxylic acids is 1. The quantitative estimate of drug-likeness (QED) is 0.544. The van der Waals surface area contributed by atoms with Crippen molar-refractivity contribution in [3.63, 3.8) is 0 Å². The average Bonchev–Trinajstić information content (AvgIpc) is 1.91. The zero-order valence-electron chi connectivity index (χ0n) is 5.26. The molecule has 0 bridgehead atoms. The summed E-state index contributed by atoms with van der Waals surface area (Å²) in [5.41, 5.74) is 1.20. The molecule has 1 rings (SSSR count). The molecule has 1 aliphatic rings. The summed E-state index contributed by atoms with van der Waals surface area (Å²) in [7, 11) is 0. The summed E-state index contributed by atoms with van der Waals surface area (Å²) in [6, 6.07) is 0.